The SMILES string of the molecule is CC(C)(O)C(C)(C)O[B]c1cc(C#N)c(F)c2c1oc1ccccc12. The average Bonchev–Trinajstić information content (AvgIpc) is 2.93. The zero-order chi connectivity index (χ0) is 18.4. The Morgan fingerprint density at radius 2 is 1.92 bits per heavy atom. The van der Waals surface area contributed by atoms with Gasteiger partial charge in [0.15, 0.2) is 5.82 Å². The van der Waals surface area contributed by atoms with Crippen molar-refractivity contribution in [1.82, 2.24) is 0 Å². The first kappa shape index (κ1) is 17.5. The number of fused-ring (bicyclic) bond motifs is 3. The van der Waals surface area contributed by atoms with Crippen LogP contribution < -0.4 is 5.46 Å². The number of nitriles is 1. The molecule has 1 radical (unpaired) electrons. The maximum absolute atomic E-state index is 14.7. The van der Waals surface area contributed by atoms with Crippen LogP contribution in [0.1, 0.15) is 33.3 Å². The largest absolute Gasteiger partial charge is 0.456 e. The minimum Gasteiger partial charge on any atom is -0.456 e. The van der Waals surface area contributed by atoms with Gasteiger partial charge in [-0.25, -0.2) is 4.39 Å². The van der Waals surface area contributed by atoms with E-state index in [0.717, 1.165) is 0 Å². The lowest BCUT2D eigenvalue weighted by molar-refractivity contribution is -0.0893. The van der Waals surface area contributed by atoms with E-state index in [1.165, 1.54) is 13.5 Å². The van der Waals surface area contributed by atoms with Gasteiger partial charge < -0.3 is 14.2 Å². The number of hydrogen-bond donors (Lipinski definition) is 1. The van der Waals surface area contributed by atoms with E-state index >= 15 is 0 Å². The van der Waals surface area contributed by atoms with Gasteiger partial charge in [-0.05, 0) is 45.3 Å². The van der Waals surface area contributed by atoms with E-state index in [0.29, 0.717) is 22.0 Å². The number of furan rings is 1. The Hall–Kier alpha value is -2.36. The van der Waals surface area contributed by atoms with Crippen LogP contribution in [-0.4, -0.2) is 23.8 Å². The molecule has 3 aromatic rings. The summed E-state index contributed by atoms with van der Waals surface area (Å²) >= 11 is 0. The van der Waals surface area contributed by atoms with E-state index in [9.17, 15) is 14.8 Å². The molecule has 0 saturated heterocycles. The van der Waals surface area contributed by atoms with Gasteiger partial charge in [-0.2, -0.15) is 5.26 Å². The highest BCUT2D eigenvalue weighted by molar-refractivity contribution is 6.51. The first-order valence-electron chi connectivity index (χ1n) is 7.93. The van der Waals surface area contributed by atoms with Crippen molar-refractivity contribution in [2.24, 2.45) is 0 Å². The van der Waals surface area contributed by atoms with Crippen LogP contribution in [0.4, 0.5) is 4.39 Å². The van der Waals surface area contributed by atoms with Crippen LogP contribution in [0.5, 0.6) is 0 Å². The van der Waals surface area contributed by atoms with E-state index in [2.05, 4.69) is 0 Å². The second-order valence-corrected chi connectivity index (χ2v) is 7.05. The molecule has 127 valence electrons. The fourth-order valence-corrected chi connectivity index (χ4v) is 2.41. The maximum atomic E-state index is 14.7. The van der Waals surface area contributed by atoms with Crippen LogP contribution in [0.15, 0.2) is 34.7 Å². The lowest BCUT2D eigenvalue weighted by atomic mass is 9.81. The molecule has 0 atom stereocenters. The van der Waals surface area contributed by atoms with Crippen molar-refractivity contribution in [3.05, 3.63) is 41.7 Å². The van der Waals surface area contributed by atoms with Gasteiger partial charge >= 0.3 is 7.48 Å². The number of nitrogens with zero attached hydrogens (tertiary/aromatic N) is 1. The third kappa shape index (κ3) is 2.90. The van der Waals surface area contributed by atoms with Crippen LogP contribution in [0, 0.1) is 17.1 Å². The molecule has 4 nitrogen and oxygen atoms in total. The van der Waals surface area contributed by atoms with E-state index in [1.807, 2.05) is 6.07 Å². The van der Waals surface area contributed by atoms with Gasteiger partial charge in [0.1, 0.15) is 17.2 Å². The van der Waals surface area contributed by atoms with Crippen LogP contribution in [0.3, 0.4) is 0 Å². The smallest absolute Gasteiger partial charge is 0.334 e. The molecule has 0 fully saturated rings. The molecule has 0 unspecified atom stereocenters. The van der Waals surface area contributed by atoms with Crippen molar-refractivity contribution in [2.45, 2.75) is 38.9 Å². The van der Waals surface area contributed by atoms with Gasteiger partial charge in [-0.1, -0.05) is 18.2 Å². The Balaban J connectivity index is 2.16. The van der Waals surface area contributed by atoms with Gasteiger partial charge in [0.05, 0.1) is 22.2 Å². The highest BCUT2D eigenvalue weighted by Crippen LogP contribution is 2.31. The number of aliphatic hydroxyl groups is 1. The highest BCUT2D eigenvalue weighted by atomic mass is 19.1. The van der Waals surface area contributed by atoms with Gasteiger partial charge in [0, 0.05) is 5.39 Å². The van der Waals surface area contributed by atoms with E-state index in [1.54, 1.807) is 52.0 Å². The first-order valence-corrected chi connectivity index (χ1v) is 7.93. The molecule has 0 bridgehead atoms. The quantitative estimate of drug-likeness (QED) is 0.741. The maximum Gasteiger partial charge on any atom is 0.334 e. The Bertz CT molecular complexity index is 996. The summed E-state index contributed by atoms with van der Waals surface area (Å²) in [5, 5.41) is 20.3. The zero-order valence-electron chi connectivity index (χ0n) is 14.6. The number of rotatable bonds is 4. The van der Waals surface area contributed by atoms with Gasteiger partial charge in [-0.3, -0.25) is 0 Å². The fraction of sp³-hybridized carbons (Fsp3) is 0.316. The summed E-state index contributed by atoms with van der Waals surface area (Å²) in [6.07, 6.45) is 0. The summed E-state index contributed by atoms with van der Waals surface area (Å²) < 4.78 is 26.2. The monoisotopic (exact) mass is 338 g/mol. The summed E-state index contributed by atoms with van der Waals surface area (Å²) in [4.78, 5) is 0. The van der Waals surface area contributed by atoms with Crippen LogP contribution in [0.25, 0.3) is 21.9 Å². The second-order valence-electron chi connectivity index (χ2n) is 7.05. The molecule has 1 heterocycles. The number of benzene rings is 2. The second kappa shape index (κ2) is 5.87. The van der Waals surface area contributed by atoms with Gasteiger partial charge in [0.25, 0.3) is 0 Å². The molecule has 25 heavy (non-hydrogen) atoms. The topological polar surface area (TPSA) is 66.4 Å². The Kier molecular flexibility index (Phi) is 4.10. The fourth-order valence-electron chi connectivity index (χ4n) is 2.41. The van der Waals surface area contributed by atoms with E-state index in [4.69, 9.17) is 9.07 Å². The molecule has 1 N–H and O–H groups in total. The predicted molar refractivity (Wildman–Crippen MR) is 95.2 cm³/mol. The van der Waals surface area contributed by atoms with Crippen LogP contribution in [-0.2, 0) is 4.65 Å². The molecule has 0 spiro atoms. The molecule has 0 aliphatic heterocycles. The minimum absolute atomic E-state index is 0.0880. The third-order valence-electron chi connectivity index (χ3n) is 4.69. The molecular formula is C19H18BFNO3. The number of halogens is 1. The number of hydrogen-bond acceptors (Lipinski definition) is 4. The molecule has 0 aliphatic carbocycles. The normalized spacial score (nSPS) is 12.5. The minimum atomic E-state index is -1.10. The molecule has 3 rings (SSSR count). The molecule has 2 aromatic carbocycles. The Labute approximate surface area is 146 Å². The predicted octanol–water partition coefficient (Wildman–Crippen LogP) is 3.41. The lowest BCUT2D eigenvalue weighted by Crippen LogP contribution is -2.49. The van der Waals surface area contributed by atoms with Gasteiger partial charge in [0.2, 0.25) is 0 Å². The molecule has 1 aromatic heterocycles. The molecule has 0 saturated carbocycles. The van der Waals surface area contributed by atoms with Crippen molar-refractivity contribution >= 4 is 34.9 Å². The molecule has 0 aliphatic rings. The highest BCUT2D eigenvalue weighted by Gasteiger charge is 2.36. The lowest BCUT2D eigenvalue weighted by Gasteiger charge is -2.37. The summed E-state index contributed by atoms with van der Waals surface area (Å²) in [6.45, 7) is 6.77. The summed E-state index contributed by atoms with van der Waals surface area (Å²) in [6, 6.07) is 10.3. The summed E-state index contributed by atoms with van der Waals surface area (Å²) in [5.41, 5.74) is -0.801. The van der Waals surface area contributed by atoms with Crippen LogP contribution in [0.2, 0.25) is 0 Å². The van der Waals surface area contributed by atoms with Crippen molar-refractivity contribution in [2.75, 3.05) is 0 Å². The van der Waals surface area contributed by atoms with E-state index in [-0.39, 0.29) is 10.9 Å². The standard InChI is InChI=1S/C19H18BFNO3/c1-18(2,23)19(3,4)25-20-13-9-11(10-22)16(21)15-12-7-5-6-8-14(12)24-17(13)15/h5-9,23H,1-4H3. The summed E-state index contributed by atoms with van der Waals surface area (Å²) in [7, 11) is 1.41. The molecular weight excluding hydrogens is 320 g/mol. The summed E-state index contributed by atoms with van der Waals surface area (Å²) in [5.74, 6) is -0.610. The first-order chi connectivity index (χ1) is 11.7. The zero-order valence-corrected chi connectivity index (χ0v) is 14.6. The van der Waals surface area contributed by atoms with Crippen molar-refractivity contribution in [3.8, 4) is 6.07 Å². The third-order valence-corrected chi connectivity index (χ3v) is 4.69. The Morgan fingerprint density at radius 3 is 2.56 bits per heavy atom. The van der Waals surface area contributed by atoms with Crippen molar-refractivity contribution < 1.29 is 18.6 Å². The Morgan fingerprint density at radius 1 is 1.24 bits per heavy atom. The number of para-hydroxylation sites is 1. The average molecular weight is 338 g/mol. The van der Waals surface area contributed by atoms with Crippen molar-refractivity contribution in [3.63, 3.8) is 0 Å². The molecule has 6 heteroatoms. The van der Waals surface area contributed by atoms with E-state index < -0.39 is 17.0 Å². The van der Waals surface area contributed by atoms with Crippen LogP contribution >= 0.6 is 0 Å². The van der Waals surface area contributed by atoms with Crippen molar-refractivity contribution in [1.29, 1.82) is 5.26 Å². The van der Waals surface area contributed by atoms with Gasteiger partial charge in [-0.15, -0.1) is 0 Å². The molecule has 0 amide bonds.